The van der Waals surface area contributed by atoms with Crippen LogP contribution >= 0.6 is 0 Å². The van der Waals surface area contributed by atoms with E-state index in [1.165, 1.54) is 143 Å². The Bertz CT molecular complexity index is 1410. The molecule has 0 spiro atoms. The average Bonchev–Trinajstić information content (AvgIpc) is 3.48. The summed E-state index contributed by atoms with van der Waals surface area (Å²) in [7, 11) is 0. The van der Waals surface area contributed by atoms with Gasteiger partial charge in [0.15, 0.2) is 11.9 Å². The number of ether oxygens (including phenoxy) is 1. The number of anilines is 1. The van der Waals surface area contributed by atoms with Crippen molar-refractivity contribution in [3.05, 3.63) is 84.4 Å². The molecule has 1 aliphatic heterocycles. The highest BCUT2D eigenvalue weighted by Gasteiger charge is 2.27. The zero-order valence-corrected chi connectivity index (χ0v) is 35.0. The van der Waals surface area contributed by atoms with Gasteiger partial charge >= 0.3 is 0 Å². The van der Waals surface area contributed by atoms with Crippen LogP contribution in [0.2, 0.25) is 0 Å². The SMILES string of the molecule is CCCCCCCCCCCCCCCC[n+]1ccc(C=CC=C2Oc3ccccc3N2CCC[N+](CC)(CC)CC)c2ccccc21.[Br-].[Br-]. The lowest BCUT2D eigenvalue weighted by Gasteiger charge is -2.36. The number of para-hydroxylation sites is 3. The minimum atomic E-state index is 0. The smallest absolute Gasteiger partial charge is 0.213 e. The number of benzene rings is 2. The summed E-state index contributed by atoms with van der Waals surface area (Å²) in [6.07, 6.45) is 29.5. The predicted octanol–water partition coefficient (Wildman–Crippen LogP) is 5.64. The van der Waals surface area contributed by atoms with Gasteiger partial charge in [0.2, 0.25) is 11.4 Å². The number of aryl methyl sites for hydroxylation is 1. The van der Waals surface area contributed by atoms with E-state index in [2.05, 4.69) is 116 Å². The fourth-order valence-electron chi connectivity index (χ4n) is 7.48. The van der Waals surface area contributed by atoms with Crippen molar-refractivity contribution in [2.75, 3.05) is 37.6 Å². The first-order valence-corrected chi connectivity index (χ1v) is 19.8. The topological polar surface area (TPSA) is 16.4 Å². The van der Waals surface area contributed by atoms with Crippen molar-refractivity contribution in [2.45, 2.75) is 131 Å². The molecule has 4 rings (SSSR count). The van der Waals surface area contributed by atoms with E-state index in [9.17, 15) is 0 Å². The van der Waals surface area contributed by atoms with Crippen molar-refractivity contribution in [1.29, 1.82) is 0 Å². The normalized spacial score (nSPS) is 13.4. The van der Waals surface area contributed by atoms with E-state index in [0.717, 1.165) is 31.1 Å². The molecular weight excluding hydrogens is 746 g/mol. The number of rotatable bonds is 24. The largest absolute Gasteiger partial charge is 1.00 e. The monoisotopic (exact) mass is 811 g/mol. The summed E-state index contributed by atoms with van der Waals surface area (Å²) in [6.45, 7) is 16.1. The highest BCUT2D eigenvalue weighted by Crippen LogP contribution is 2.38. The molecule has 2 aromatic carbocycles. The lowest BCUT2D eigenvalue weighted by atomic mass is 10.0. The maximum Gasteiger partial charge on any atom is 0.213 e. The Morgan fingerprint density at radius 3 is 1.88 bits per heavy atom. The molecule has 0 unspecified atom stereocenters. The van der Waals surface area contributed by atoms with Crippen molar-refractivity contribution < 1.29 is 47.7 Å². The zero-order valence-electron chi connectivity index (χ0n) is 31.9. The fraction of sp³-hybridized carbons (Fsp3) is 0.568. The van der Waals surface area contributed by atoms with Crippen LogP contribution in [0.25, 0.3) is 17.0 Å². The molecule has 0 N–H and O–H groups in total. The Kier molecular flexibility index (Phi) is 21.9. The number of halogens is 2. The molecule has 0 amide bonds. The van der Waals surface area contributed by atoms with Crippen LogP contribution in [0.1, 0.15) is 130 Å². The van der Waals surface area contributed by atoms with Gasteiger partial charge in [0, 0.05) is 31.5 Å². The molecule has 0 aliphatic carbocycles. The third-order valence-corrected chi connectivity index (χ3v) is 10.9. The zero-order chi connectivity index (χ0) is 33.9. The Hall–Kier alpha value is -2.15. The third kappa shape index (κ3) is 13.4. The molecule has 278 valence electrons. The van der Waals surface area contributed by atoms with Crippen molar-refractivity contribution in [3.8, 4) is 5.75 Å². The van der Waals surface area contributed by atoms with E-state index in [1.54, 1.807) is 0 Å². The van der Waals surface area contributed by atoms with Crippen molar-refractivity contribution >= 4 is 22.7 Å². The van der Waals surface area contributed by atoms with Gasteiger partial charge < -0.3 is 48.1 Å². The van der Waals surface area contributed by atoms with Crippen LogP contribution in [0.3, 0.4) is 0 Å². The van der Waals surface area contributed by atoms with Crippen LogP contribution < -0.4 is 48.2 Å². The Morgan fingerprint density at radius 1 is 0.660 bits per heavy atom. The molecule has 0 fully saturated rings. The molecule has 1 aliphatic rings. The molecule has 0 bridgehead atoms. The number of allylic oxidation sites excluding steroid dienone is 2. The van der Waals surface area contributed by atoms with Gasteiger partial charge in [-0.15, -0.1) is 0 Å². The number of pyridine rings is 1. The van der Waals surface area contributed by atoms with Gasteiger partial charge in [0.05, 0.1) is 37.3 Å². The molecule has 3 aromatic rings. The third-order valence-electron chi connectivity index (χ3n) is 10.9. The predicted molar refractivity (Wildman–Crippen MR) is 207 cm³/mol. The lowest BCUT2D eigenvalue weighted by molar-refractivity contribution is -0.923. The minimum Gasteiger partial charge on any atom is -1.00 e. The summed E-state index contributed by atoms with van der Waals surface area (Å²) in [4.78, 5) is 2.36. The van der Waals surface area contributed by atoms with Crippen LogP contribution in [0.15, 0.2) is 78.8 Å². The number of quaternary nitrogens is 1. The standard InChI is InChI=1S/C44H67N3O.2BrH/c1-5-9-10-11-12-13-14-15-16-17-18-19-20-25-35-45-37-34-39(40-29-21-22-30-41(40)45)28-26-33-44-46(42-31-23-24-32-43(42)48-44)36-27-38-47(6-2,7-3)8-4;;/h21-24,26,28-34,37H,5-20,25,27,35-36,38H2,1-4H3;2*1H/q+2;;/p-2. The molecule has 0 saturated heterocycles. The van der Waals surface area contributed by atoms with Crippen molar-refractivity contribution in [1.82, 2.24) is 0 Å². The van der Waals surface area contributed by atoms with Gasteiger partial charge in [0.1, 0.15) is 6.54 Å². The fourth-order valence-corrected chi connectivity index (χ4v) is 7.48. The molecule has 4 nitrogen and oxygen atoms in total. The molecule has 6 heteroatoms. The molecule has 0 saturated carbocycles. The molecule has 1 aromatic heterocycles. The number of hydrogen-bond acceptors (Lipinski definition) is 2. The second-order valence-electron chi connectivity index (χ2n) is 14.0. The summed E-state index contributed by atoms with van der Waals surface area (Å²) in [5.41, 5.74) is 3.74. The summed E-state index contributed by atoms with van der Waals surface area (Å²) < 4.78 is 9.99. The Morgan fingerprint density at radius 2 is 1.24 bits per heavy atom. The van der Waals surface area contributed by atoms with E-state index in [4.69, 9.17) is 4.74 Å². The number of aromatic nitrogens is 1. The number of hydrogen-bond donors (Lipinski definition) is 0. The first-order valence-electron chi connectivity index (χ1n) is 19.8. The first-order chi connectivity index (χ1) is 23.6. The highest BCUT2D eigenvalue weighted by atomic mass is 79.9. The van der Waals surface area contributed by atoms with Crippen LogP contribution in [-0.4, -0.2) is 37.2 Å². The molecule has 50 heavy (non-hydrogen) atoms. The molecule has 0 radical (unpaired) electrons. The first kappa shape index (κ1) is 44.0. The van der Waals surface area contributed by atoms with Gasteiger partial charge in [-0.3, -0.25) is 0 Å². The van der Waals surface area contributed by atoms with Crippen LogP contribution in [0.5, 0.6) is 5.75 Å². The van der Waals surface area contributed by atoms with Crippen LogP contribution in [0.4, 0.5) is 5.69 Å². The van der Waals surface area contributed by atoms with Gasteiger partial charge in [-0.05, 0) is 57.0 Å². The van der Waals surface area contributed by atoms with Gasteiger partial charge in [0.25, 0.3) is 0 Å². The summed E-state index contributed by atoms with van der Waals surface area (Å²) >= 11 is 0. The highest BCUT2D eigenvalue weighted by molar-refractivity contribution is 5.85. The van der Waals surface area contributed by atoms with E-state index >= 15 is 0 Å². The van der Waals surface area contributed by atoms with Crippen LogP contribution in [0, 0.1) is 0 Å². The average molecular weight is 814 g/mol. The summed E-state index contributed by atoms with van der Waals surface area (Å²) in [5.74, 6) is 1.87. The minimum absolute atomic E-state index is 0. The molecular formula is C44H67Br2N3O. The maximum atomic E-state index is 6.37. The van der Waals surface area contributed by atoms with E-state index < -0.39 is 0 Å². The Balaban J connectivity index is 0.00000433. The van der Waals surface area contributed by atoms with Gasteiger partial charge in [-0.2, -0.15) is 4.57 Å². The van der Waals surface area contributed by atoms with Crippen LogP contribution in [-0.2, 0) is 6.54 Å². The number of nitrogens with zero attached hydrogens (tertiary/aromatic N) is 3. The van der Waals surface area contributed by atoms with E-state index in [0.29, 0.717) is 0 Å². The van der Waals surface area contributed by atoms with E-state index in [1.807, 2.05) is 0 Å². The summed E-state index contributed by atoms with van der Waals surface area (Å²) in [5, 5.41) is 1.31. The number of fused-ring (bicyclic) bond motifs is 2. The molecule has 0 atom stereocenters. The second kappa shape index (κ2) is 24.9. The Labute approximate surface area is 327 Å². The quantitative estimate of drug-likeness (QED) is 0.0663. The van der Waals surface area contributed by atoms with Crippen molar-refractivity contribution in [3.63, 3.8) is 0 Å². The van der Waals surface area contributed by atoms with Gasteiger partial charge in [-0.1, -0.05) is 120 Å². The summed E-state index contributed by atoms with van der Waals surface area (Å²) in [6, 6.07) is 19.6. The molecule has 2 heterocycles. The lowest BCUT2D eigenvalue weighted by Crippen LogP contribution is -3.00. The maximum absolute atomic E-state index is 6.37. The van der Waals surface area contributed by atoms with Gasteiger partial charge in [-0.25, -0.2) is 0 Å². The second-order valence-corrected chi connectivity index (χ2v) is 14.0. The number of unbranched alkanes of at least 4 members (excludes halogenated alkanes) is 13. The van der Waals surface area contributed by atoms with Crippen molar-refractivity contribution in [2.24, 2.45) is 0 Å². The van der Waals surface area contributed by atoms with E-state index in [-0.39, 0.29) is 34.0 Å².